The predicted molar refractivity (Wildman–Crippen MR) is 66.3 cm³/mol. The van der Waals surface area contributed by atoms with E-state index in [9.17, 15) is 0 Å². The molecule has 0 aliphatic carbocycles. The van der Waals surface area contributed by atoms with Crippen LogP contribution in [-0.2, 0) is 6.54 Å². The summed E-state index contributed by atoms with van der Waals surface area (Å²) in [5.74, 6) is 0.421. The first-order chi connectivity index (χ1) is 7.13. The third-order valence-corrected chi connectivity index (χ3v) is 3.33. The van der Waals surface area contributed by atoms with Gasteiger partial charge in [-0.2, -0.15) is 0 Å². The monoisotopic (exact) mass is 225 g/mol. The van der Waals surface area contributed by atoms with E-state index in [-0.39, 0.29) is 11.8 Å². The average molecular weight is 225 g/mol. The Hall–Kier alpha value is -0.870. The van der Waals surface area contributed by atoms with E-state index in [1.807, 2.05) is 6.92 Å². The summed E-state index contributed by atoms with van der Waals surface area (Å²) in [5, 5.41) is 9.47. The predicted octanol–water partition coefficient (Wildman–Crippen LogP) is 2.14. The van der Waals surface area contributed by atoms with Crippen molar-refractivity contribution in [2.75, 3.05) is 13.1 Å². The lowest BCUT2D eigenvalue weighted by molar-refractivity contribution is 0.265. The maximum Gasteiger partial charge on any atom is 0.0947 e. The average Bonchev–Trinajstić information content (AvgIpc) is 2.69. The molecule has 1 heterocycles. The molecule has 3 nitrogen and oxygen atoms in total. The van der Waals surface area contributed by atoms with E-state index in [2.05, 4.69) is 29.3 Å². The number of hydrogen-bond donors (Lipinski definition) is 2. The Morgan fingerprint density at radius 3 is 2.87 bits per heavy atom. The molecule has 0 saturated heterocycles. The SMILES string of the molecule is CCN(Cc1cccs1)CC(C)C(=N)N. The minimum absolute atomic E-state index is 0.143. The van der Waals surface area contributed by atoms with Crippen molar-refractivity contribution in [3.63, 3.8) is 0 Å². The molecule has 84 valence electrons. The first-order valence-corrected chi connectivity index (χ1v) is 6.10. The zero-order valence-electron chi connectivity index (χ0n) is 9.36. The second kappa shape index (κ2) is 5.88. The highest BCUT2D eigenvalue weighted by Gasteiger charge is 2.11. The fraction of sp³-hybridized carbons (Fsp3) is 0.545. The van der Waals surface area contributed by atoms with Gasteiger partial charge in [0, 0.05) is 23.9 Å². The molecular formula is C11H19N3S. The summed E-state index contributed by atoms with van der Waals surface area (Å²) in [4.78, 5) is 3.69. The number of nitrogens with zero attached hydrogens (tertiary/aromatic N) is 1. The van der Waals surface area contributed by atoms with Crippen LogP contribution in [0, 0.1) is 11.3 Å². The lowest BCUT2D eigenvalue weighted by Gasteiger charge is -2.22. The molecule has 1 unspecified atom stereocenters. The summed E-state index contributed by atoms with van der Waals surface area (Å²) in [6.07, 6.45) is 0. The summed E-state index contributed by atoms with van der Waals surface area (Å²) in [7, 11) is 0. The second-order valence-corrected chi connectivity index (χ2v) is 4.80. The van der Waals surface area contributed by atoms with Gasteiger partial charge in [-0.05, 0) is 18.0 Å². The minimum atomic E-state index is 0.143. The number of amidine groups is 1. The summed E-state index contributed by atoms with van der Waals surface area (Å²) >= 11 is 1.78. The third-order valence-electron chi connectivity index (χ3n) is 2.47. The van der Waals surface area contributed by atoms with Crippen LogP contribution in [0.5, 0.6) is 0 Å². The van der Waals surface area contributed by atoms with E-state index in [1.165, 1.54) is 4.88 Å². The zero-order valence-corrected chi connectivity index (χ0v) is 10.2. The normalized spacial score (nSPS) is 13.0. The molecular weight excluding hydrogens is 206 g/mol. The zero-order chi connectivity index (χ0) is 11.3. The molecule has 1 aromatic rings. The summed E-state index contributed by atoms with van der Waals surface area (Å²) in [6.45, 7) is 6.96. The Labute approximate surface area is 95.4 Å². The molecule has 0 radical (unpaired) electrons. The van der Waals surface area contributed by atoms with Crippen molar-refractivity contribution < 1.29 is 0 Å². The van der Waals surface area contributed by atoms with Crippen LogP contribution in [-0.4, -0.2) is 23.8 Å². The first kappa shape index (κ1) is 12.2. The standard InChI is InChI=1S/C11H19N3S/c1-3-14(7-9(2)11(12)13)8-10-5-4-6-15-10/h4-6,9H,3,7-8H2,1-2H3,(H3,12,13). The van der Waals surface area contributed by atoms with Crippen LogP contribution in [0.15, 0.2) is 17.5 Å². The van der Waals surface area contributed by atoms with Crippen molar-refractivity contribution in [1.29, 1.82) is 5.41 Å². The van der Waals surface area contributed by atoms with Gasteiger partial charge in [-0.3, -0.25) is 10.3 Å². The minimum Gasteiger partial charge on any atom is -0.387 e. The highest BCUT2D eigenvalue weighted by Crippen LogP contribution is 2.12. The quantitative estimate of drug-likeness (QED) is 0.575. The van der Waals surface area contributed by atoms with Gasteiger partial charge in [-0.1, -0.05) is 19.9 Å². The Bertz CT molecular complexity index is 295. The van der Waals surface area contributed by atoms with Crippen LogP contribution in [0.4, 0.5) is 0 Å². The molecule has 3 N–H and O–H groups in total. The summed E-state index contributed by atoms with van der Waals surface area (Å²) < 4.78 is 0. The number of hydrogen-bond acceptors (Lipinski definition) is 3. The second-order valence-electron chi connectivity index (χ2n) is 3.76. The molecule has 0 bridgehead atoms. The van der Waals surface area contributed by atoms with E-state index in [0.29, 0.717) is 0 Å². The van der Waals surface area contributed by atoms with E-state index in [4.69, 9.17) is 11.1 Å². The third kappa shape index (κ3) is 4.01. The molecule has 0 aromatic carbocycles. The van der Waals surface area contributed by atoms with Gasteiger partial charge in [0.2, 0.25) is 0 Å². The molecule has 0 fully saturated rings. The Morgan fingerprint density at radius 2 is 2.40 bits per heavy atom. The molecule has 1 aromatic heterocycles. The number of rotatable bonds is 6. The molecule has 0 saturated carbocycles. The Balaban J connectivity index is 2.46. The van der Waals surface area contributed by atoms with Crippen LogP contribution in [0.3, 0.4) is 0 Å². The highest BCUT2D eigenvalue weighted by molar-refractivity contribution is 7.09. The smallest absolute Gasteiger partial charge is 0.0947 e. The van der Waals surface area contributed by atoms with Gasteiger partial charge in [0.1, 0.15) is 0 Å². The van der Waals surface area contributed by atoms with E-state index < -0.39 is 0 Å². The van der Waals surface area contributed by atoms with Gasteiger partial charge in [-0.25, -0.2) is 0 Å². The van der Waals surface area contributed by atoms with Gasteiger partial charge < -0.3 is 5.73 Å². The molecule has 1 atom stereocenters. The molecule has 0 amide bonds. The van der Waals surface area contributed by atoms with Crippen molar-refractivity contribution in [3.05, 3.63) is 22.4 Å². The Morgan fingerprint density at radius 1 is 1.67 bits per heavy atom. The highest BCUT2D eigenvalue weighted by atomic mass is 32.1. The molecule has 15 heavy (non-hydrogen) atoms. The van der Waals surface area contributed by atoms with Crippen LogP contribution in [0.1, 0.15) is 18.7 Å². The number of thiophene rings is 1. The maximum atomic E-state index is 7.37. The van der Waals surface area contributed by atoms with E-state index in [0.717, 1.165) is 19.6 Å². The van der Waals surface area contributed by atoms with Crippen LogP contribution in [0.2, 0.25) is 0 Å². The molecule has 1 rings (SSSR count). The van der Waals surface area contributed by atoms with Crippen molar-refractivity contribution in [2.24, 2.45) is 11.7 Å². The van der Waals surface area contributed by atoms with Crippen molar-refractivity contribution in [1.82, 2.24) is 4.90 Å². The topological polar surface area (TPSA) is 53.1 Å². The Kier molecular flexibility index (Phi) is 4.78. The fourth-order valence-electron chi connectivity index (χ4n) is 1.41. The van der Waals surface area contributed by atoms with Gasteiger partial charge in [-0.15, -0.1) is 11.3 Å². The molecule has 4 heteroatoms. The summed E-state index contributed by atoms with van der Waals surface area (Å²) in [6, 6.07) is 4.22. The molecule has 0 aliphatic rings. The van der Waals surface area contributed by atoms with Crippen LogP contribution >= 0.6 is 11.3 Å². The van der Waals surface area contributed by atoms with Gasteiger partial charge in [0.05, 0.1) is 5.84 Å². The number of nitrogens with one attached hydrogen (secondary N) is 1. The van der Waals surface area contributed by atoms with Crippen LogP contribution < -0.4 is 5.73 Å². The van der Waals surface area contributed by atoms with Gasteiger partial charge in [0.15, 0.2) is 0 Å². The first-order valence-electron chi connectivity index (χ1n) is 5.22. The largest absolute Gasteiger partial charge is 0.387 e. The van der Waals surface area contributed by atoms with Crippen LogP contribution in [0.25, 0.3) is 0 Å². The van der Waals surface area contributed by atoms with Crippen molar-refractivity contribution >= 4 is 17.2 Å². The van der Waals surface area contributed by atoms with Gasteiger partial charge >= 0.3 is 0 Å². The maximum absolute atomic E-state index is 7.37. The fourth-order valence-corrected chi connectivity index (χ4v) is 2.16. The van der Waals surface area contributed by atoms with Crippen molar-refractivity contribution in [3.8, 4) is 0 Å². The molecule has 0 spiro atoms. The number of nitrogens with two attached hydrogens (primary N) is 1. The lowest BCUT2D eigenvalue weighted by Crippen LogP contribution is -2.33. The van der Waals surface area contributed by atoms with Gasteiger partial charge in [0.25, 0.3) is 0 Å². The molecule has 0 aliphatic heterocycles. The van der Waals surface area contributed by atoms with Crippen molar-refractivity contribution in [2.45, 2.75) is 20.4 Å². The summed E-state index contributed by atoms with van der Waals surface area (Å²) in [5.41, 5.74) is 5.47. The van der Waals surface area contributed by atoms with E-state index in [1.54, 1.807) is 11.3 Å². The lowest BCUT2D eigenvalue weighted by atomic mass is 10.1. The van der Waals surface area contributed by atoms with E-state index >= 15 is 0 Å².